The maximum atomic E-state index is 13.1. The van der Waals surface area contributed by atoms with Crippen molar-refractivity contribution >= 4 is 101 Å². The molecule has 4 aromatic heterocycles. The number of anilines is 2. The molecule has 14 nitrogen and oxygen atoms in total. The predicted molar refractivity (Wildman–Crippen MR) is 225 cm³/mol. The highest BCUT2D eigenvalue weighted by molar-refractivity contribution is 9.10. The number of carbonyl (C=O) groups excluding carboxylic acids is 4. The first-order chi connectivity index (χ1) is 27.1. The van der Waals surface area contributed by atoms with Crippen LogP contribution in [0.25, 0.3) is 11.6 Å². The van der Waals surface area contributed by atoms with Gasteiger partial charge in [-0.15, -0.1) is 0 Å². The predicted octanol–water partition coefficient (Wildman–Crippen LogP) is 9.59. The number of ether oxygens (including phenoxy) is 2. The van der Waals surface area contributed by atoms with E-state index in [1.165, 1.54) is 23.6 Å². The van der Waals surface area contributed by atoms with Crippen molar-refractivity contribution in [2.45, 2.75) is 26.7 Å². The van der Waals surface area contributed by atoms with E-state index in [0.717, 1.165) is 16.7 Å². The third-order valence-corrected chi connectivity index (χ3v) is 9.44. The summed E-state index contributed by atoms with van der Waals surface area (Å²) in [5.74, 6) is 0.444. The highest BCUT2D eigenvalue weighted by atomic mass is 79.9. The molecule has 6 aromatic rings. The molecule has 0 radical (unpaired) electrons. The van der Waals surface area contributed by atoms with Crippen LogP contribution in [0.4, 0.5) is 21.0 Å². The first kappa shape index (κ1) is 44.6. The van der Waals surface area contributed by atoms with Gasteiger partial charge >= 0.3 is 11.5 Å². The zero-order valence-electron chi connectivity index (χ0n) is 30.6. The molecule has 0 spiro atoms. The molecule has 0 aliphatic carbocycles. The lowest BCUT2D eigenvalue weighted by molar-refractivity contribution is 0.0977. The lowest BCUT2D eigenvalue weighted by atomic mass is 10.00. The lowest BCUT2D eigenvalue weighted by Crippen LogP contribution is -2.16. The number of pyridine rings is 2. The average molecular weight is 964 g/mol. The summed E-state index contributed by atoms with van der Waals surface area (Å²) in [6.45, 7) is 3.80. The molecular formula is C38H33Br2Cl3N8O6. The molecule has 57 heavy (non-hydrogen) atoms. The van der Waals surface area contributed by atoms with Crippen LogP contribution in [0.3, 0.4) is 0 Å². The van der Waals surface area contributed by atoms with Gasteiger partial charge in [-0.2, -0.15) is 10.2 Å². The summed E-state index contributed by atoms with van der Waals surface area (Å²) in [4.78, 5) is 55.3. The van der Waals surface area contributed by atoms with E-state index in [1.807, 2.05) is 32.0 Å². The SMILES string of the molecule is COC(=O)Cl.COC(=O)Nc1cccc(C)c1CC(=O)c1cc(Br)nn1-c1ncccc1Cl.Cc1cccc(N)c1CC(=O)c1cc(Br)nn1-c1ncccc1Cl. The second-order valence-electron chi connectivity index (χ2n) is 11.6. The third kappa shape index (κ3) is 11.9. The first-order valence-corrected chi connectivity index (χ1v) is 19.2. The number of Topliss-reactive ketones (excluding diaryl/α,β-unsaturated/α-hetero) is 2. The van der Waals surface area contributed by atoms with Gasteiger partial charge in [-0.1, -0.05) is 47.5 Å². The minimum absolute atomic E-state index is 0.0502. The van der Waals surface area contributed by atoms with Crippen molar-refractivity contribution < 1.29 is 28.7 Å². The topological polar surface area (TPSA) is 186 Å². The number of aryl methyl sites for hydroxylation is 2. The van der Waals surface area contributed by atoms with Crippen molar-refractivity contribution in [1.82, 2.24) is 29.5 Å². The highest BCUT2D eigenvalue weighted by Crippen LogP contribution is 2.27. The standard InChI is InChI=1S/C19H16BrClN4O3.C17H14BrClN4O.C2H3ClO2/c1-11-5-3-7-14(23-19(27)28-2)12(11)9-16(26)15-10-17(20)24-25(15)18-13(21)6-4-8-22-18;1-10-4-2-6-13(20)11(10)8-15(24)14-9-16(18)22-23(14)17-12(19)5-3-7-21-17;1-5-2(3)4/h3-8,10H,9H2,1-2H3,(H,23,27);2-7,9H,8,20H2,1H3;1H3. The number of benzene rings is 2. The molecular weight excluding hydrogens is 931 g/mol. The number of amides is 1. The maximum Gasteiger partial charge on any atom is 0.411 e. The Morgan fingerprint density at radius 1 is 0.719 bits per heavy atom. The number of carbonyl (C=O) groups is 4. The van der Waals surface area contributed by atoms with E-state index in [1.54, 1.807) is 67.0 Å². The zero-order valence-corrected chi connectivity index (χ0v) is 36.0. The van der Waals surface area contributed by atoms with Crippen LogP contribution >= 0.6 is 66.7 Å². The van der Waals surface area contributed by atoms with Crippen molar-refractivity contribution in [3.8, 4) is 11.6 Å². The van der Waals surface area contributed by atoms with Crippen LogP contribution in [-0.4, -0.2) is 66.8 Å². The summed E-state index contributed by atoms with van der Waals surface area (Å²) in [5, 5.41) is 12.0. The van der Waals surface area contributed by atoms with Gasteiger partial charge in [0.25, 0.3) is 0 Å². The molecule has 0 fully saturated rings. The van der Waals surface area contributed by atoms with E-state index in [9.17, 15) is 19.2 Å². The Balaban J connectivity index is 0.000000228. The number of halogens is 5. The molecule has 6 rings (SSSR count). The van der Waals surface area contributed by atoms with E-state index in [0.29, 0.717) is 59.2 Å². The third-order valence-electron chi connectivity index (χ3n) is 7.92. The molecule has 0 saturated carbocycles. The summed E-state index contributed by atoms with van der Waals surface area (Å²) in [6, 6.07) is 21.0. The Bertz CT molecular complexity index is 2400. The quantitative estimate of drug-likeness (QED) is 0.0799. The average Bonchev–Trinajstić information content (AvgIpc) is 3.77. The van der Waals surface area contributed by atoms with Crippen molar-refractivity contribution in [3.05, 3.63) is 138 Å². The minimum atomic E-state index is -0.773. The van der Waals surface area contributed by atoms with Crippen LogP contribution in [0.1, 0.15) is 43.2 Å². The molecule has 296 valence electrons. The maximum absolute atomic E-state index is 13.1. The number of nitrogens with one attached hydrogen (secondary N) is 1. The van der Waals surface area contributed by atoms with Gasteiger partial charge in [0, 0.05) is 60.3 Å². The Hall–Kier alpha value is -5.13. The van der Waals surface area contributed by atoms with Gasteiger partial charge < -0.3 is 15.2 Å². The van der Waals surface area contributed by atoms with Crippen LogP contribution in [0, 0.1) is 13.8 Å². The summed E-state index contributed by atoms with van der Waals surface area (Å²) in [5.41, 5.74) is 10.4. The van der Waals surface area contributed by atoms with Crippen molar-refractivity contribution in [1.29, 1.82) is 0 Å². The normalized spacial score (nSPS) is 10.3. The molecule has 0 unspecified atom stereocenters. The number of hydrogen-bond acceptors (Lipinski definition) is 11. The van der Waals surface area contributed by atoms with Crippen molar-refractivity contribution in [2.75, 3.05) is 25.3 Å². The van der Waals surface area contributed by atoms with Gasteiger partial charge in [0.05, 0.1) is 24.3 Å². The summed E-state index contributed by atoms with van der Waals surface area (Å²) in [6.07, 6.45) is 2.80. The van der Waals surface area contributed by atoms with Gasteiger partial charge in [0.1, 0.15) is 20.6 Å². The smallest absolute Gasteiger partial charge is 0.411 e. The van der Waals surface area contributed by atoms with Gasteiger partial charge in [-0.05, 0) is 104 Å². The Kier molecular flexibility index (Phi) is 16.3. The zero-order chi connectivity index (χ0) is 41.8. The fourth-order valence-electron chi connectivity index (χ4n) is 5.17. The minimum Gasteiger partial charge on any atom is -0.457 e. The number of nitrogens with zero attached hydrogens (tertiary/aromatic N) is 6. The van der Waals surface area contributed by atoms with Gasteiger partial charge in [-0.25, -0.2) is 28.9 Å². The summed E-state index contributed by atoms with van der Waals surface area (Å²) >= 11 is 23.6. The number of methoxy groups -OCH3 is 2. The largest absolute Gasteiger partial charge is 0.457 e. The first-order valence-electron chi connectivity index (χ1n) is 16.4. The fourth-order valence-corrected chi connectivity index (χ4v) is 6.33. The monoisotopic (exact) mass is 960 g/mol. The van der Waals surface area contributed by atoms with E-state index < -0.39 is 11.5 Å². The second-order valence-corrected chi connectivity index (χ2v) is 14.4. The molecule has 0 aliphatic rings. The molecule has 19 heteroatoms. The molecule has 0 aliphatic heterocycles. The molecule has 0 bridgehead atoms. The van der Waals surface area contributed by atoms with Crippen LogP contribution < -0.4 is 11.1 Å². The highest BCUT2D eigenvalue weighted by Gasteiger charge is 2.22. The van der Waals surface area contributed by atoms with Crippen LogP contribution in [0.2, 0.25) is 10.0 Å². The van der Waals surface area contributed by atoms with Crippen LogP contribution in [0.5, 0.6) is 0 Å². The number of nitrogens with two attached hydrogens (primary N) is 1. The number of aromatic nitrogens is 6. The Morgan fingerprint density at radius 3 is 1.61 bits per heavy atom. The van der Waals surface area contributed by atoms with Gasteiger partial charge in [0.2, 0.25) is 0 Å². The molecule has 0 atom stereocenters. The van der Waals surface area contributed by atoms with E-state index in [2.05, 4.69) is 78.4 Å². The molecule has 2 aromatic carbocycles. The number of ketones is 2. The Morgan fingerprint density at radius 2 is 1.18 bits per heavy atom. The van der Waals surface area contributed by atoms with Crippen LogP contribution in [-0.2, 0) is 22.3 Å². The van der Waals surface area contributed by atoms with E-state index >= 15 is 0 Å². The van der Waals surface area contributed by atoms with E-state index in [-0.39, 0.29) is 24.4 Å². The van der Waals surface area contributed by atoms with Gasteiger partial charge in [-0.3, -0.25) is 14.9 Å². The number of rotatable bonds is 9. The fraction of sp³-hybridized carbons (Fsp3) is 0.158. The van der Waals surface area contributed by atoms with Crippen molar-refractivity contribution in [3.63, 3.8) is 0 Å². The van der Waals surface area contributed by atoms with E-state index in [4.69, 9.17) is 28.9 Å². The molecule has 1 amide bonds. The lowest BCUT2D eigenvalue weighted by Gasteiger charge is -2.13. The second kappa shape index (κ2) is 20.9. The summed E-state index contributed by atoms with van der Waals surface area (Å²) < 4.78 is 12.4. The molecule has 0 saturated heterocycles. The Labute approximate surface area is 358 Å². The van der Waals surface area contributed by atoms with Crippen molar-refractivity contribution in [2.24, 2.45) is 0 Å². The number of nitrogen functional groups attached to an aromatic ring is 1. The van der Waals surface area contributed by atoms with Gasteiger partial charge in [0.15, 0.2) is 23.2 Å². The molecule has 3 N–H and O–H groups in total. The summed E-state index contributed by atoms with van der Waals surface area (Å²) in [7, 11) is 2.50. The molecule has 4 heterocycles. The van der Waals surface area contributed by atoms with Crippen LogP contribution in [0.15, 0.2) is 94.4 Å². The number of hydrogen-bond donors (Lipinski definition) is 2.